The Kier molecular flexibility index (Phi) is 4.16. The highest BCUT2D eigenvalue weighted by molar-refractivity contribution is 5.47. The van der Waals surface area contributed by atoms with Gasteiger partial charge in [-0.2, -0.15) is 0 Å². The molecule has 1 radical (unpaired) electrons. The molecule has 0 aromatic heterocycles. The maximum absolute atomic E-state index is 5.11. The molecular formula is C11H16NO. The minimum Gasteiger partial charge on any atom is -0.497 e. The Bertz CT molecular complexity index is 248. The van der Waals surface area contributed by atoms with E-state index in [9.17, 15) is 0 Å². The Labute approximate surface area is 79.9 Å². The quantitative estimate of drug-likeness (QED) is 0.700. The summed E-state index contributed by atoms with van der Waals surface area (Å²) in [6.45, 7) is 4.75. The van der Waals surface area contributed by atoms with E-state index in [-0.39, 0.29) is 0 Å². The number of hydrogen-bond acceptors (Lipinski definition) is 2. The summed E-state index contributed by atoms with van der Waals surface area (Å²) in [7, 11) is 1.68. The zero-order chi connectivity index (χ0) is 9.52. The van der Waals surface area contributed by atoms with Gasteiger partial charge in [-0.05, 0) is 18.6 Å². The highest BCUT2D eigenvalue weighted by Gasteiger charge is 1.93. The van der Waals surface area contributed by atoms with Crippen molar-refractivity contribution in [1.82, 2.24) is 0 Å². The Hall–Kier alpha value is -1.18. The minimum atomic E-state index is 0.889. The number of rotatable bonds is 5. The van der Waals surface area contributed by atoms with E-state index in [1.54, 1.807) is 7.11 Å². The van der Waals surface area contributed by atoms with Gasteiger partial charge in [-0.1, -0.05) is 19.4 Å². The number of benzene rings is 1. The first kappa shape index (κ1) is 9.90. The standard InChI is InChI=1S/C11H16NO/c1-3-4-8-12-10-6-5-7-11(9-10)13-2/h5-7,9,12H,1,3-4,8H2,2H3. The molecule has 0 atom stereocenters. The van der Waals surface area contributed by atoms with E-state index in [1.165, 1.54) is 0 Å². The van der Waals surface area contributed by atoms with E-state index in [0.717, 1.165) is 30.8 Å². The summed E-state index contributed by atoms with van der Waals surface area (Å²) >= 11 is 0. The average molecular weight is 178 g/mol. The number of unbranched alkanes of at least 4 members (excludes halogenated alkanes) is 1. The summed E-state index contributed by atoms with van der Waals surface area (Å²) in [4.78, 5) is 0. The van der Waals surface area contributed by atoms with Crippen LogP contribution in [0.2, 0.25) is 0 Å². The summed E-state index contributed by atoms with van der Waals surface area (Å²) in [5.74, 6) is 0.889. The largest absolute Gasteiger partial charge is 0.497 e. The molecule has 0 aliphatic carbocycles. The molecule has 1 aromatic carbocycles. The maximum atomic E-state index is 5.11. The van der Waals surface area contributed by atoms with E-state index in [2.05, 4.69) is 12.2 Å². The molecule has 0 saturated heterocycles. The second kappa shape index (κ2) is 5.46. The molecule has 0 spiro atoms. The molecule has 0 aliphatic rings. The van der Waals surface area contributed by atoms with Crippen molar-refractivity contribution in [3.8, 4) is 5.75 Å². The molecule has 0 aliphatic heterocycles. The van der Waals surface area contributed by atoms with Crippen LogP contribution in [0.15, 0.2) is 24.3 Å². The van der Waals surface area contributed by atoms with Crippen molar-refractivity contribution in [1.29, 1.82) is 0 Å². The van der Waals surface area contributed by atoms with E-state index < -0.39 is 0 Å². The Morgan fingerprint density at radius 2 is 2.31 bits per heavy atom. The lowest BCUT2D eigenvalue weighted by molar-refractivity contribution is 0.415. The van der Waals surface area contributed by atoms with Crippen LogP contribution in [0, 0.1) is 6.92 Å². The number of nitrogens with one attached hydrogen (secondary N) is 1. The van der Waals surface area contributed by atoms with Crippen molar-refractivity contribution in [2.75, 3.05) is 19.0 Å². The fraction of sp³-hybridized carbons (Fsp3) is 0.364. The van der Waals surface area contributed by atoms with Gasteiger partial charge in [-0.3, -0.25) is 0 Å². The van der Waals surface area contributed by atoms with E-state index in [4.69, 9.17) is 4.74 Å². The first-order valence-corrected chi connectivity index (χ1v) is 4.54. The van der Waals surface area contributed by atoms with Crippen molar-refractivity contribution < 1.29 is 4.74 Å². The third kappa shape index (κ3) is 3.36. The molecule has 0 amide bonds. The van der Waals surface area contributed by atoms with Gasteiger partial charge < -0.3 is 10.1 Å². The maximum Gasteiger partial charge on any atom is 0.120 e. The highest BCUT2D eigenvalue weighted by atomic mass is 16.5. The lowest BCUT2D eigenvalue weighted by atomic mass is 10.3. The van der Waals surface area contributed by atoms with Crippen LogP contribution in [0.3, 0.4) is 0 Å². The normalized spacial score (nSPS) is 9.69. The van der Waals surface area contributed by atoms with Gasteiger partial charge in [0.05, 0.1) is 7.11 Å². The Balaban J connectivity index is 2.46. The molecular weight excluding hydrogens is 162 g/mol. The number of hydrogen-bond donors (Lipinski definition) is 1. The molecule has 71 valence electrons. The van der Waals surface area contributed by atoms with Crippen molar-refractivity contribution in [3.63, 3.8) is 0 Å². The first-order valence-electron chi connectivity index (χ1n) is 4.54. The molecule has 1 rings (SSSR count). The summed E-state index contributed by atoms with van der Waals surface area (Å²) < 4.78 is 5.11. The molecule has 13 heavy (non-hydrogen) atoms. The fourth-order valence-corrected chi connectivity index (χ4v) is 1.09. The third-order valence-electron chi connectivity index (χ3n) is 1.83. The van der Waals surface area contributed by atoms with E-state index in [0.29, 0.717) is 0 Å². The van der Waals surface area contributed by atoms with Crippen molar-refractivity contribution in [2.45, 2.75) is 12.8 Å². The van der Waals surface area contributed by atoms with Crippen LogP contribution in [0.1, 0.15) is 12.8 Å². The van der Waals surface area contributed by atoms with Gasteiger partial charge in [0, 0.05) is 18.3 Å². The number of ether oxygens (including phenoxy) is 1. The van der Waals surface area contributed by atoms with E-state index in [1.807, 2.05) is 24.3 Å². The second-order valence-electron chi connectivity index (χ2n) is 2.87. The summed E-state index contributed by atoms with van der Waals surface area (Å²) in [6, 6.07) is 7.94. The minimum absolute atomic E-state index is 0.889. The Morgan fingerprint density at radius 3 is 3.00 bits per heavy atom. The molecule has 1 N–H and O–H groups in total. The van der Waals surface area contributed by atoms with Crippen LogP contribution >= 0.6 is 0 Å². The molecule has 0 saturated carbocycles. The zero-order valence-electron chi connectivity index (χ0n) is 8.05. The van der Waals surface area contributed by atoms with Crippen molar-refractivity contribution >= 4 is 5.69 Å². The zero-order valence-corrected chi connectivity index (χ0v) is 8.05. The predicted molar refractivity (Wildman–Crippen MR) is 56.1 cm³/mol. The highest BCUT2D eigenvalue weighted by Crippen LogP contribution is 2.16. The topological polar surface area (TPSA) is 21.3 Å². The van der Waals surface area contributed by atoms with Crippen molar-refractivity contribution in [2.24, 2.45) is 0 Å². The van der Waals surface area contributed by atoms with Crippen LogP contribution in [-0.2, 0) is 0 Å². The van der Waals surface area contributed by atoms with Gasteiger partial charge >= 0.3 is 0 Å². The molecule has 2 heteroatoms. The molecule has 0 fully saturated rings. The number of anilines is 1. The summed E-state index contributed by atoms with van der Waals surface area (Å²) in [6.07, 6.45) is 2.06. The monoisotopic (exact) mass is 178 g/mol. The van der Waals surface area contributed by atoms with Crippen LogP contribution in [-0.4, -0.2) is 13.7 Å². The average Bonchev–Trinajstić information content (AvgIpc) is 2.19. The van der Waals surface area contributed by atoms with Gasteiger partial charge in [0.2, 0.25) is 0 Å². The lowest BCUT2D eigenvalue weighted by Gasteiger charge is -2.06. The second-order valence-corrected chi connectivity index (χ2v) is 2.87. The Morgan fingerprint density at radius 1 is 1.46 bits per heavy atom. The van der Waals surface area contributed by atoms with Crippen molar-refractivity contribution in [3.05, 3.63) is 31.2 Å². The number of methoxy groups -OCH3 is 1. The smallest absolute Gasteiger partial charge is 0.120 e. The van der Waals surface area contributed by atoms with Crippen LogP contribution in [0.5, 0.6) is 5.75 Å². The van der Waals surface area contributed by atoms with Gasteiger partial charge in [0.1, 0.15) is 5.75 Å². The van der Waals surface area contributed by atoms with Gasteiger partial charge in [-0.15, -0.1) is 0 Å². The fourth-order valence-electron chi connectivity index (χ4n) is 1.09. The van der Waals surface area contributed by atoms with Crippen LogP contribution < -0.4 is 10.1 Å². The molecule has 2 nitrogen and oxygen atoms in total. The van der Waals surface area contributed by atoms with Crippen LogP contribution in [0.25, 0.3) is 0 Å². The SMILES string of the molecule is [CH2]CCCNc1cccc(OC)c1. The van der Waals surface area contributed by atoms with Crippen LogP contribution in [0.4, 0.5) is 5.69 Å². The summed E-state index contributed by atoms with van der Waals surface area (Å²) in [5, 5.41) is 3.30. The van der Waals surface area contributed by atoms with Gasteiger partial charge in [-0.25, -0.2) is 0 Å². The molecule has 0 heterocycles. The molecule has 1 aromatic rings. The van der Waals surface area contributed by atoms with Gasteiger partial charge in [0.15, 0.2) is 0 Å². The summed E-state index contributed by atoms with van der Waals surface area (Å²) in [5.41, 5.74) is 1.10. The molecule has 0 bridgehead atoms. The third-order valence-corrected chi connectivity index (χ3v) is 1.83. The van der Waals surface area contributed by atoms with Gasteiger partial charge in [0.25, 0.3) is 0 Å². The van der Waals surface area contributed by atoms with E-state index >= 15 is 0 Å². The molecule has 0 unspecified atom stereocenters. The lowest BCUT2D eigenvalue weighted by Crippen LogP contribution is -2.00. The first-order chi connectivity index (χ1) is 6.36. The predicted octanol–water partition coefficient (Wildman–Crippen LogP) is 2.72.